The second-order valence-corrected chi connectivity index (χ2v) is 3.97. The number of nitrogens with two attached hydrogens (primary N) is 1. The van der Waals surface area contributed by atoms with Crippen molar-refractivity contribution in [2.24, 2.45) is 11.7 Å². The lowest BCUT2D eigenvalue weighted by atomic mass is 10.1. The monoisotopic (exact) mass is 305 g/mol. The van der Waals surface area contributed by atoms with Crippen LogP contribution >= 0.6 is 11.6 Å². The molecule has 0 aromatic heterocycles. The second-order valence-electron chi connectivity index (χ2n) is 3.59. The van der Waals surface area contributed by atoms with E-state index in [1.54, 1.807) is 0 Å². The zero-order valence-corrected chi connectivity index (χ0v) is 9.70. The molecule has 1 unspecified atom stereocenters. The number of primary amides is 1. The van der Waals surface area contributed by atoms with Gasteiger partial charge in [0.05, 0.1) is 22.1 Å². The predicted octanol–water partition coefficient (Wildman–Crippen LogP) is 3.20. The molecule has 0 bridgehead atoms. The summed E-state index contributed by atoms with van der Waals surface area (Å²) in [4.78, 5) is 10.9. The van der Waals surface area contributed by atoms with Gasteiger partial charge in [0.2, 0.25) is 5.91 Å². The van der Waals surface area contributed by atoms with E-state index in [1.807, 2.05) is 0 Å². The van der Waals surface area contributed by atoms with E-state index in [0.717, 1.165) is 0 Å². The molecule has 2 N–H and O–H groups in total. The summed E-state index contributed by atoms with van der Waals surface area (Å²) in [5.74, 6) is -2.84. The van der Waals surface area contributed by atoms with Crippen LogP contribution in [-0.2, 0) is 4.79 Å². The first kappa shape index (κ1) is 15.6. The number of amides is 1. The summed E-state index contributed by atoms with van der Waals surface area (Å²) < 4.78 is 75.6. The molecule has 19 heavy (non-hydrogen) atoms. The normalized spacial score (nSPS) is 21.2. The van der Waals surface area contributed by atoms with Crippen molar-refractivity contribution in [3.8, 4) is 0 Å². The highest BCUT2D eigenvalue weighted by molar-refractivity contribution is 6.32. The lowest BCUT2D eigenvalue weighted by Gasteiger charge is -2.14. The van der Waals surface area contributed by atoms with Gasteiger partial charge in [0.1, 0.15) is 0 Å². The molecule has 0 aliphatic heterocycles. The minimum absolute atomic E-state index is 0.264. The maximum Gasteiger partial charge on any atom is 0.417 e. The average Bonchev–Trinajstić information content (AvgIpc) is 2.34. The highest BCUT2D eigenvalue weighted by atomic mass is 35.5. The van der Waals surface area contributed by atoms with E-state index in [9.17, 15) is 31.1 Å². The van der Waals surface area contributed by atoms with Gasteiger partial charge in [-0.05, 0) is 0 Å². The van der Waals surface area contributed by atoms with Gasteiger partial charge in [-0.15, -0.1) is 0 Å². The molecule has 0 aromatic carbocycles. The van der Waals surface area contributed by atoms with Gasteiger partial charge in [0.25, 0.3) is 0 Å². The van der Waals surface area contributed by atoms with Gasteiger partial charge >= 0.3 is 12.4 Å². The van der Waals surface area contributed by atoms with Gasteiger partial charge in [0.15, 0.2) is 0 Å². The SMILES string of the molecule is NC(=O)C1C=CC(C(F)(F)F)=C(Cl)C(C(F)(F)F)=C1. The summed E-state index contributed by atoms with van der Waals surface area (Å²) in [7, 11) is 0. The van der Waals surface area contributed by atoms with Crippen LogP contribution in [0.5, 0.6) is 0 Å². The van der Waals surface area contributed by atoms with Crippen LogP contribution in [0.1, 0.15) is 0 Å². The van der Waals surface area contributed by atoms with Crippen LogP contribution < -0.4 is 5.73 Å². The standard InChI is InChI=1S/C10H6ClF6NO/c11-7-5(9(12,13)14)2-1-4(8(18)19)3-6(7)10(15,16)17/h1-4H,(H2,18,19). The molecule has 1 atom stereocenters. The molecular weight excluding hydrogens is 300 g/mol. The zero-order valence-electron chi connectivity index (χ0n) is 8.94. The van der Waals surface area contributed by atoms with Crippen molar-refractivity contribution in [1.82, 2.24) is 0 Å². The van der Waals surface area contributed by atoms with Crippen LogP contribution in [0.4, 0.5) is 26.3 Å². The van der Waals surface area contributed by atoms with E-state index in [0.29, 0.717) is 12.2 Å². The molecule has 106 valence electrons. The Morgan fingerprint density at radius 2 is 1.68 bits per heavy atom. The number of alkyl halides is 6. The molecule has 9 heteroatoms. The molecule has 1 rings (SSSR count). The van der Waals surface area contributed by atoms with Gasteiger partial charge in [-0.3, -0.25) is 4.79 Å². The number of allylic oxidation sites excluding steroid dienone is 4. The van der Waals surface area contributed by atoms with Crippen molar-refractivity contribution in [2.75, 3.05) is 0 Å². The first-order chi connectivity index (χ1) is 8.44. The Bertz CT molecular complexity index is 485. The Hall–Kier alpha value is -1.44. The van der Waals surface area contributed by atoms with Crippen LogP contribution in [0.25, 0.3) is 0 Å². The predicted molar refractivity (Wildman–Crippen MR) is 54.9 cm³/mol. The summed E-state index contributed by atoms with van der Waals surface area (Å²) in [6.07, 6.45) is -9.02. The molecule has 2 nitrogen and oxygen atoms in total. The van der Waals surface area contributed by atoms with Crippen molar-refractivity contribution in [1.29, 1.82) is 0 Å². The molecule has 0 heterocycles. The van der Waals surface area contributed by atoms with Crippen molar-refractivity contribution in [3.63, 3.8) is 0 Å². The highest BCUT2D eigenvalue weighted by Gasteiger charge is 2.43. The molecule has 1 aliphatic rings. The van der Waals surface area contributed by atoms with Crippen LogP contribution in [-0.4, -0.2) is 18.3 Å². The van der Waals surface area contributed by atoms with Crippen LogP contribution in [0.3, 0.4) is 0 Å². The number of hydrogen-bond acceptors (Lipinski definition) is 1. The second kappa shape index (κ2) is 4.92. The molecule has 0 radical (unpaired) electrons. The number of halogens is 7. The Kier molecular flexibility index (Phi) is 4.04. The number of carbonyl (C=O) groups is 1. The van der Waals surface area contributed by atoms with E-state index in [1.165, 1.54) is 0 Å². The van der Waals surface area contributed by atoms with Crippen molar-refractivity contribution < 1.29 is 31.1 Å². The molecular formula is C10H6ClF6NO. The maximum atomic E-state index is 12.6. The third kappa shape index (κ3) is 3.52. The van der Waals surface area contributed by atoms with Crippen LogP contribution in [0.2, 0.25) is 0 Å². The molecule has 0 saturated carbocycles. The largest absolute Gasteiger partial charge is 0.417 e. The first-order valence-corrected chi connectivity index (χ1v) is 5.06. The summed E-state index contributed by atoms with van der Waals surface area (Å²) in [6, 6.07) is 0. The summed E-state index contributed by atoms with van der Waals surface area (Å²) in [5.41, 5.74) is 1.38. The summed E-state index contributed by atoms with van der Waals surface area (Å²) >= 11 is 5.16. The Morgan fingerprint density at radius 3 is 2.05 bits per heavy atom. The fourth-order valence-electron chi connectivity index (χ4n) is 1.34. The first-order valence-electron chi connectivity index (χ1n) is 4.68. The topological polar surface area (TPSA) is 43.1 Å². The van der Waals surface area contributed by atoms with E-state index >= 15 is 0 Å². The molecule has 0 saturated heterocycles. The number of carbonyl (C=O) groups excluding carboxylic acids is 1. The summed E-state index contributed by atoms with van der Waals surface area (Å²) in [5, 5.41) is -1.51. The maximum absolute atomic E-state index is 12.6. The fraction of sp³-hybridized carbons (Fsp3) is 0.300. The van der Waals surface area contributed by atoms with Gasteiger partial charge in [-0.1, -0.05) is 29.8 Å². The van der Waals surface area contributed by atoms with Gasteiger partial charge in [-0.2, -0.15) is 26.3 Å². The molecule has 0 fully saturated rings. The van der Waals surface area contributed by atoms with Gasteiger partial charge in [-0.25, -0.2) is 0 Å². The lowest BCUT2D eigenvalue weighted by molar-refractivity contribution is -0.119. The van der Waals surface area contributed by atoms with E-state index in [2.05, 4.69) is 0 Å². The van der Waals surface area contributed by atoms with Crippen molar-refractivity contribution in [3.05, 3.63) is 34.4 Å². The molecule has 1 amide bonds. The van der Waals surface area contributed by atoms with Crippen molar-refractivity contribution in [2.45, 2.75) is 12.4 Å². The molecule has 0 aromatic rings. The van der Waals surface area contributed by atoms with Crippen LogP contribution in [0, 0.1) is 5.92 Å². The number of rotatable bonds is 1. The number of hydrogen-bond donors (Lipinski definition) is 1. The van der Waals surface area contributed by atoms with E-state index in [-0.39, 0.29) is 6.08 Å². The quantitative estimate of drug-likeness (QED) is 0.743. The van der Waals surface area contributed by atoms with Gasteiger partial charge < -0.3 is 5.73 Å². The minimum atomic E-state index is -5.13. The Morgan fingerprint density at radius 1 is 1.16 bits per heavy atom. The minimum Gasteiger partial charge on any atom is -0.369 e. The summed E-state index contributed by atoms with van der Waals surface area (Å²) in [6.45, 7) is 0. The lowest BCUT2D eigenvalue weighted by Crippen LogP contribution is -2.22. The fourth-order valence-corrected chi connectivity index (χ4v) is 1.68. The Balaban J connectivity index is 3.48. The van der Waals surface area contributed by atoms with Gasteiger partial charge in [0, 0.05) is 0 Å². The molecule has 1 aliphatic carbocycles. The third-order valence-corrected chi connectivity index (χ3v) is 2.64. The smallest absolute Gasteiger partial charge is 0.369 e. The highest BCUT2D eigenvalue weighted by Crippen LogP contribution is 2.42. The Labute approximate surface area is 108 Å². The van der Waals surface area contributed by atoms with E-state index < -0.39 is 40.4 Å². The van der Waals surface area contributed by atoms with Crippen molar-refractivity contribution >= 4 is 17.5 Å². The third-order valence-electron chi connectivity index (χ3n) is 2.23. The van der Waals surface area contributed by atoms with E-state index in [4.69, 9.17) is 17.3 Å². The molecule has 0 spiro atoms. The zero-order chi connectivity index (χ0) is 15.0. The van der Waals surface area contributed by atoms with Crippen LogP contribution in [0.15, 0.2) is 34.4 Å². The average molecular weight is 306 g/mol.